The Hall–Kier alpha value is -3.71. The smallest absolute Gasteiger partial charge is 0.274 e. The topological polar surface area (TPSA) is 97.9 Å². The summed E-state index contributed by atoms with van der Waals surface area (Å²) in [5.41, 5.74) is 4.56. The number of rotatable bonds is 2. The Morgan fingerprint density at radius 3 is 2.62 bits per heavy atom. The van der Waals surface area contributed by atoms with E-state index in [0.29, 0.717) is 38.8 Å². The number of carbonyl (C=O) groups excluding carboxylic acids is 1. The number of aromatic nitrogens is 1. The number of benzene rings is 2. The predicted octanol–water partition coefficient (Wildman–Crippen LogP) is 2.71. The van der Waals surface area contributed by atoms with Crippen LogP contribution >= 0.6 is 0 Å². The van der Waals surface area contributed by atoms with Crippen LogP contribution in [0.1, 0.15) is 21.5 Å². The number of carbonyl (C=O) groups is 1. The molecule has 0 spiro atoms. The van der Waals surface area contributed by atoms with Gasteiger partial charge in [0.1, 0.15) is 5.69 Å². The van der Waals surface area contributed by atoms with Gasteiger partial charge in [-0.2, -0.15) is 4.73 Å². The van der Waals surface area contributed by atoms with Crippen molar-refractivity contribution in [3.63, 3.8) is 0 Å². The molecular weight excluding hydrogens is 334 g/mol. The van der Waals surface area contributed by atoms with Crippen LogP contribution in [0.25, 0.3) is 0 Å². The number of fused-ring (bicyclic) bond motifs is 2. The van der Waals surface area contributed by atoms with Gasteiger partial charge in [-0.25, -0.2) is 10.5 Å². The molecule has 4 rings (SSSR count). The van der Waals surface area contributed by atoms with Crippen molar-refractivity contribution in [1.82, 2.24) is 5.48 Å². The number of nitrogens with zero attached hydrogens (tertiary/aromatic N) is 2. The van der Waals surface area contributed by atoms with E-state index in [-0.39, 0.29) is 0 Å². The van der Waals surface area contributed by atoms with Gasteiger partial charge in [0.2, 0.25) is 11.9 Å². The Labute approximate surface area is 148 Å². The number of hydrogen-bond donors (Lipinski definition) is 2. The Kier molecular flexibility index (Phi) is 3.83. The van der Waals surface area contributed by atoms with Crippen LogP contribution in [-0.4, -0.2) is 16.8 Å². The van der Waals surface area contributed by atoms with Crippen LogP contribution < -0.4 is 14.9 Å². The largest absolute Gasteiger partial charge is 0.619 e. The molecule has 128 valence electrons. The highest BCUT2D eigenvalue weighted by atomic mass is 16.5. The molecule has 2 aromatic carbocycles. The van der Waals surface area contributed by atoms with E-state index in [1.807, 2.05) is 18.2 Å². The number of amides is 1. The SMILES string of the molecule is O=C(NO)c1ccc(C2=Nc3ccccc3Oc3c[n+]([O-])ccc32)cc1. The molecule has 3 aromatic rings. The molecule has 0 unspecified atom stereocenters. The fraction of sp³-hybridized carbons (Fsp3) is 0. The predicted molar refractivity (Wildman–Crippen MR) is 92.9 cm³/mol. The third-order valence-corrected chi connectivity index (χ3v) is 3.99. The number of nitrogens with one attached hydrogen (secondary N) is 1. The van der Waals surface area contributed by atoms with Crippen molar-refractivity contribution in [2.24, 2.45) is 4.99 Å². The Morgan fingerprint density at radius 1 is 1.08 bits per heavy atom. The number of para-hydroxylation sites is 2. The van der Waals surface area contributed by atoms with Crippen molar-refractivity contribution in [1.29, 1.82) is 0 Å². The maximum Gasteiger partial charge on any atom is 0.274 e. The molecule has 0 fully saturated rings. The first-order valence-electron chi connectivity index (χ1n) is 7.79. The highest BCUT2D eigenvalue weighted by Crippen LogP contribution is 2.37. The summed E-state index contributed by atoms with van der Waals surface area (Å²) in [6, 6.07) is 15.5. The minimum atomic E-state index is -0.596. The third kappa shape index (κ3) is 2.76. The van der Waals surface area contributed by atoms with Gasteiger partial charge in [0.25, 0.3) is 5.91 Å². The Bertz CT molecular complexity index is 1030. The van der Waals surface area contributed by atoms with Crippen molar-refractivity contribution < 1.29 is 19.5 Å². The molecule has 0 atom stereocenters. The van der Waals surface area contributed by atoms with Gasteiger partial charge in [0, 0.05) is 17.2 Å². The van der Waals surface area contributed by atoms with Gasteiger partial charge >= 0.3 is 0 Å². The van der Waals surface area contributed by atoms with Gasteiger partial charge in [0.15, 0.2) is 11.9 Å². The second-order valence-corrected chi connectivity index (χ2v) is 5.63. The fourth-order valence-electron chi connectivity index (χ4n) is 2.73. The van der Waals surface area contributed by atoms with E-state index in [0.717, 1.165) is 5.56 Å². The molecule has 26 heavy (non-hydrogen) atoms. The number of pyridine rings is 1. The molecule has 1 aromatic heterocycles. The zero-order chi connectivity index (χ0) is 18.1. The van der Waals surface area contributed by atoms with Gasteiger partial charge in [-0.1, -0.05) is 24.3 Å². The summed E-state index contributed by atoms with van der Waals surface area (Å²) >= 11 is 0. The van der Waals surface area contributed by atoms with Crippen molar-refractivity contribution in [2.75, 3.05) is 0 Å². The molecule has 2 heterocycles. The monoisotopic (exact) mass is 347 g/mol. The van der Waals surface area contributed by atoms with Crippen LogP contribution in [0.2, 0.25) is 0 Å². The van der Waals surface area contributed by atoms with Crippen LogP contribution in [0.3, 0.4) is 0 Å². The summed E-state index contributed by atoms with van der Waals surface area (Å²) in [7, 11) is 0. The van der Waals surface area contributed by atoms with Gasteiger partial charge in [0.05, 0.1) is 11.3 Å². The van der Waals surface area contributed by atoms with Crippen molar-refractivity contribution >= 4 is 17.3 Å². The molecule has 0 aliphatic carbocycles. The van der Waals surface area contributed by atoms with Crippen LogP contribution in [0.5, 0.6) is 11.5 Å². The Balaban J connectivity index is 1.88. The lowest BCUT2D eigenvalue weighted by atomic mass is 10.0. The van der Waals surface area contributed by atoms with Crippen LogP contribution in [0.15, 0.2) is 72.0 Å². The third-order valence-electron chi connectivity index (χ3n) is 3.99. The van der Waals surface area contributed by atoms with E-state index < -0.39 is 5.91 Å². The van der Waals surface area contributed by atoms with Crippen molar-refractivity contribution in [3.8, 4) is 11.5 Å². The molecule has 7 heteroatoms. The molecule has 0 bridgehead atoms. The molecule has 0 saturated heterocycles. The van der Waals surface area contributed by atoms with E-state index in [9.17, 15) is 10.0 Å². The quantitative estimate of drug-likeness (QED) is 0.252. The first kappa shape index (κ1) is 15.8. The van der Waals surface area contributed by atoms with Gasteiger partial charge in [-0.15, -0.1) is 0 Å². The van der Waals surface area contributed by atoms with E-state index in [1.165, 1.54) is 12.4 Å². The first-order chi connectivity index (χ1) is 12.7. The second kappa shape index (κ2) is 6.30. The minimum Gasteiger partial charge on any atom is -0.619 e. The lowest BCUT2D eigenvalue weighted by Gasteiger charge is -2.09. The standard InChI is InChI=1S/C19H13N3O4/c23-19(21-24)13-7-5-12(6-8-13)18-14-9-10-22(25)11-17(14)26-16-4-2-1-3-15(16)20-18/h1-11,24H,(H,21,23). The first-order valence-corrected chi connectivity index (χ1v) is 7.79. The van der Waals surface area contributed by atoms with Crippen molar-refractivity contribution in [2.45, 2.75) is 0 Å². The maximum atomic E-state index is 11.7. The minimum absolute atomic E-state index is 0.313. The molecule has 1 amide bonds. The maximum absolute atomic E-state index is 11.7. The Morgan fingerprint density at radius 2 is 1.85 bits per heavy atom. The van der Waals surface area contributed by atoms with Crippen LogP contribution in [0, 0.1) is 5.21 Å². The van der Waals surface area contributed by atoms with Gasteiger partial charge in [-0.3, -0.25) is 10.0 Å². The van der Waals surface area contributed by atoms with E-state index in [4.69, 9.17) is 14.9 Å². The molecule has 1 aliphatic rings. The highest BCUT2D eigenvalue weighted by molar-refractivity contribution is 6.16. The molecule has 0 saturated carbocycles. The van der Waals surface area contributed by atoms with Crippen LogP contribution in [-0.2, 0) is 0 Å². The average molecular weight is 347 g/mol. The molecule has 2 N–H and O–H groups in total. The fourth-order valence-corrected chi connectivity index (χ4v) is 2.73. The van der Waals surface area contributed by atoms with E-state index in [1.54, 1.807) is 41.9 Å². The summed E-state index contributed by atoms with van der Waals surface area (Å²) in [6.07, 6.45) is 2.72. The summed E-state index contributed by atoms with van der Waals surface area (Å²) < 4.78 is 6.55. The summed E-state index contributed by atoms with van der Waals surface area (Å²) in [6.45, 7) is 0. The lowest BCUT2D eigenvalue weighted by molar-refractivity contribution is -0.605. The van der Waals surface area contributed by atoms with Gasteiger partial charge < -0.3 is 9.94 Å². The van der Waals surface area contributed by atoms with E-state index in [2.05, 4.69) is 0 Å². The van der Waals surface area contributed by atoms with Gasteiger partial charge in [-0.05, 0) is 24.3 Å². The average Bonchev–Trinajstić information content (AvgIpc) is 2.83. The normalized spacial score (nSPS) is 12.1. The highest BCUT2D eigenvalue weighted by Gasteiger charge is 2.22. The van der Waals surface area contributed by atoms with Crippen LogP contribution in [0.4, 0.5) is 5.69 Å². The molecule has 0 radical (unpaired) electrons. The molecule has 1 aliphatic heterocycles. The number of hydrogen-bond acceptors (Lipinski definition) is 5. The summed E-state index contributed by atoms with van der Waals surface area (Å²) in [5, 5.41) is 20.4. The lowest BCUT2D eigenvalue weighted by Crippen LogP contribution is -2.25. The molecular formula is C19H13N3O4. The molecule has 7 nitrogen and oxygen atoms in total. The zero-order valence-electron chi connectivity index (χ0n) is 13.4. The number of aliphatic imine (C=N–C) groups is 1. The summed E-state index contributed by atoms with van der Waals surface area (Å²) in [4.78, 5) is 16.2. The van der Waals surface area contributed by atoms with E-state index >= 15 is 0 Å². The van der Waals surface area contributed by atoms with Crippen molar-refractivity contribution in [3.05, 3.63) is 88.9 Å². The number of ether oxygens (including phenoxy) is 1. The number of hydroxylamine groups is 1. The summed E-state index contributed by atoms with van der Waals surface area (Å²) in [5.74, 6) is 0.343. The second-order valence-electron chi connectivity index (χ2n) is 5.63. The zero-order valence-corrected chi connectivity index (χ0v) is 13.4.